The molecule has 2 heterocycles. The number of hydrogen-bond donors (Lipinski definition) is 2. The van der Waals surface area contributed by atoms with E-state index in [1.807, 2.05) is 61.3 Å². The van der Waals surface area contributed by atoms with Gasteiger partial charge in [-0.3, -0.25) is 0 Å². The van der Waals surface area contributed by atoms with E-state index in [1.165, 1.54) is 12.1 Å². The summed E-state index contributed by atoms with van der Waals surface area (Å²) in [4.78, 5) is 17.2. The van der Waals surface area contributed by atoms with Gasteiger partial charge >= 0.3 is 0 Å². The average molecular weight is 447 g/mol. The fourth-order valence-electron chi connectivity index (χ4n) is 3.79. The largest absolute Gasteiger partial charge is 0.373 e. The lowest BCUT2D eigenvalue weighted by molar-refractivity contribution is -0.108. The van der Waals surface area contributed by atoms with Gasteiger partial charge < -0.3 is 20.7 Å². The van der Waals surface area contributed by atoms with E-state index in [0.717, 1.165) is 34.4 Å². The second-order valence-corrected chi connectivity index (χ2v) is 8.15. The number of nitrogens with two attached hydrogens (primary N) is 1. The minimum atomic E-state index is -0.265. The first kappa shape index (κ1) is 22.4. The van der Waals surface area contributed by atoms with Gasteiger partial charge in [-0.1, -0.05) is 24.3 Å². The van der Waals surface area contributed by atoms with E-state index in [1.54, 1.807) is 16.8 Å². The quantitative estimate of drug-likeness (QED) is 0.377. The summed E-state index contributed by atoms with van der Waals surface area (Å²) in [7, 11) is 1.95. The van der Waals surface area contributed by atoms with Crippen LogP contribution < -0.4 is 16.0 Å². The molecule has 0 spiro atoms. The minimum absolute atomic E-state index is 0.120. The van der Waals surface area contributed by atoms with Gasteiger partial charge in [0, 0.05) is 37.3 Å². The maximum atomic E-state index is 13.6. The van der Waals surface area contributed by atoms with Crippen molar-refractivity contribution >= 4 is 23.4 Å². The van der Waals surface area contributed by atoms with E-state index in [2.05, 4.69) is 10.3 Å². The number of anilines is 2. The average Bonchev–Trinajstić information content (AvgIpc) is 3.22. The van der Waals surface area contributed by atoms with Crippen molar-refractivity contribution in [1.29, 1.82) is 0 Å². The van der Waals surface area contributed by atoms with Gasteiger partial charge in [0.2, 0.25) is 0 Å². The van der Waals surface area contributed by atoms with Crippen LogP contribution in [0, 0.1) is 5.82 Å². The van der Waals surface area contributed by atoms with Crippen LogP contribution in [0.3, 0.4) is 0 Å². The van der Waals surface area contributed by atoms with E-state index >= 15 is 0 Å². The highest BCUT2D eigenvalue weighted by atomic mass is 19.1. The molecule has 0 radical (unpaired) electrons. The lowest BCUT2D eigenvalue weighted by Crippen LogP contribution is -2.35. The topological polar surface area (TPSA) is 88.5 Å². The molecule has 1 unspecified atom stereocenters. The third-order valence-electron chi connectivity index (χ3n) is 5.57. The van der Waals surface area contributed by atoms with Crippen molar-refractivity contribution in [3.05, 3.63) is 78.2 Å². The molecule has 0 bridgehead atoms. The number of benzene rings is 2. The number of nitrogens with zero attached hydrogens (tertiary/aromatic N) is 4. The Kier molecular flexibility index (Phi) is 6.65. The first-order chi connectivity index (χ1) is 15.9. The van der Waals surface area contributed by atoms with Gasteiger partial charge in [0.15, 0.2) is 5.65 Å². The standard InChI is InChI=1S/C25H27FN6O/c1-17(18-5-3-7-20(26)13-18)29-24-9-10-25-28-15-23(32(25)30-24)19-6-4-8-22(14-19)31(2)16-21(27)11-12-33/h3-10,12-15,17,21H,11,16,27H2,1-2H3,(H,29,30)/t17?,21-/m0/s1. The molecule has 33 heavy (non-hydrogen) atoms. The Labute approximate surface area is 192 Å². The molecule has 2 atom stereocenters. The van der Waals surface area contributed by atoms with E-state index in [0.29, 0.717) is 18.8 Å². The molecule has 2 aromatic carbocycles. The predicted molar refractivity (Wildman–Crippen MR) is 129 cm³/mol. The highest BCUT2D eigenvalue weighted by Crippen LogP contribution is 2.26. The van der Waals surface area contributed by atoms with Gasteiger partial charge in [-0.05, 0) is 48.9 Å². The van der Waals surface area contributed by atoms with Crippen LogP contribution in [-0.2, 0) is 4.79 Å². The van der Waals surface area contributed by atoms with Crippen LogP contribution in [0.1, 0.15) is 24.9 Å². The summed E-state index contributed by atoms with van der Waals surface area (Å²) in [6.45, 7) is 2.53. The zero-order valence-corrected chi connectivity index (χ0v) is 18.6. The second-order valence-electron chi connectivity index (χ2n) is 8.15. The second kappa shape index (κ2) is 9.79. The number of halogens is 1. The lowest BCUT2D eigenvalue weighted by Gasteiger charge is -2.23. The first-order valence-corrected chi connectivity index (χ1v) is 10.8. The van der Waals surface area contributed by atoms with E-state index < -0.39 is 0 Å². The summed E-state index contributed by atoms with van der Waals surface area (Å²) >= 11 is 0. The summed E-state index contributed by atoms with van der Waals surface area (Å²) in [6, 6.07) is 18.0. The van der Waals surface area contributed by atoms with Crippen molar-refractivity contribution in [3.63, 3.8) is 0 Å². The van der Waals surface area contributed by atoms with E-state index in [4.69, 9.17) is 10.8 Å². The van der Waals surface area contributed by atoms with Crippen LogP contribution in [0.2, 0.25) is 0 Å². The van der Waals surface area contributed by atoms with Gasteiger partial charge in [-0.2, -0.15) is 0 Å². The molecular weight excluding hydrogens is 419 g/mol. The maximum Gasteiger partial charge on any atom is 0.154 e. The van der Waals surface area contributed by atoms with Gasteiger partial charge in [0.25, 0.3) is 0 Å². The summed E-state index contributed by atoms with van der Waals surface area (Å²) in [5.41, 5.74) is 10.4. The van der Waals surface area contributed by atoms with Crippen LogP contribution in [0.15, 0.2) is 66.9 Å². The molecule has 170 valence electrons. The zero-order valence-electron chi connectivity index (χ0n) is 18.6. The maximum absolute atomic E-state index is 13.6. The van der Waals surface area contributed by atoms with Gasteiger partial charge in [0.1, 0.15) is 17.9 Å². The Bertz CT molecular complexity index is 1260. The van der Waals surface area contributed by atoms with Crippen LogP contribution in [-0.4, -0.2) is 40.5 Å². The van der Waals surface area contributed by atoms with Crippen molar-refractivity contribution < 1.29 is 9.18 Å². The van der Waals surface area contributed by atoms with Crippen molar-refractivity contribution in [2.75, 3.05) is 23.8 Å². The number of carbonyl (C=O) groups is 1. The molecule has 3 N–H and O–H groups in total. The SMILES string of the molecule is CC(Nc1ccc2ncc(-c3cccc(N(C)C[C@@H](N)CC=O)c3)n2n1)c1cccc(F)c1. The monoisotopic (exact) mass is 446 g/mol. The molecule has 2 aromatic heterocycles. The van der Waals surface area contributed by atoms with Gasteiger partial charge in [0.05, 0.1) is 17.9 Å². The minimum Gasteiger partial charge on any atom is -0.373 e. The molecule has 0 aliphatic rings. The molecule has 4 rings (SSSR count). The molecule has 0 aliphatic carbocycles. The Morgan fingerprint density at radius 1 is 1.18 bits per heavy atom. The summed E-state index contributed by atoms with van der Waals surface area (Å²) in [6.07, 6.45) is 2.96. The van der Waals surface area contributed by atoms with E-state index in [-0.39, 0.29) is 17.9 Å². The van der Waals surface area contributed by atoms with Crippen LogP contribution in [0.5, 0.6) is 0 Å². The molecule has 0 fully saturated rings. The molecule has 0 saturated carbocycles. The van der Waals surface area contributed by atoms with Crippen LogP contribution >= 0.6 is 0 Å². The molecule has 7 nitrogen and oxygen atoms in total. The third kappa shape index (κ3) is 5.18. The van der Waals surface area contributed by atoms with Crippen LogP contribution in [0.25, 0.3) is 16.9 Å². The zero-order chi connectivity index (χ0) is 23.4. The van der Waals surface area contributed by atoms with Crippen molar-refractivity contribution in [2.24, 2.45) is 5.73 Å². The highest BCUT2D eigenvalue weighted by Gasteiger charge is 2.13. The predicted octanol–water partition coefficient (Wildman–Crippen LogP) is 4.06. The lowest BCUT2D eigenvalue weighted by atomic mass is 10.1. The number of imidazole rings is 1. The number of aldehydes is 1. The Balaban J connectivity index is 1.59. The van der Waals surface area contributed by atoms with Crippen molar-refractivity contribution in [2.45, 2.75) is 25.4 Å². The van der Waals surface area contributed by atoms with Crippen LogP contribution in [0.4, 0.5) is 15.9 Å². The molecule has 0 aliphatic heterocycles. The van der Waals surface area contributed by atoms with Gasteiger partial charge in [-0.15, -0.1) is 5.10 Å². The Morgan fingerprint density at radius 2 is 2.00 bits per heavy atom. The van der Waals surface area contributed by atoms with Crippen molar-refractivity contribution in [3.8, 4) is 11.3 Å². The number of fused-ring (bicyclic) bond motifs is 1. The molecule has 8 heteroatoms. The number of nitrogens with one attached hydrogen (secondary N) is 1. The highest BCUT2D eigenvalue weighted by molar-refractivity contribution is 5.68. The van der Waals surface area contributed by atoms with Gasteiger partial charge in [-0.25, -0.2) is 13.9 Å². The number of rotatable bonds is 9. The molecule has 4 aromatic rings. The number of likely N-dealkylation sites (N-methyl/N-ethyl adjacent to an activating group) is 1. The molecule has 0 saturated heterocycles. The Hall–Kier alpha value is -3.78. The smallest absolute Gasteiger partial charge is 0.154 e. The van der Waals surface area contributed by atoms with E-state index in [9.17, 15) is 9.18 Å². The Morgan fingerprint density at radius 3 is 2.79 bits per heavy atom. The third-order valence-corrected chi connectivity index (χ3v) is 5.57. The molecular formula is C25H27FN6O. The normalized spacial score (nSPS) is 13.0. The molecule has 0 amide bonds. The summed E-state index contributed by atoms with van der Waals surface area (Å²) in [5.74, 6) is 0.394. The first-order valence-electron chi connectivity index (χ1n) is 10.8. The number of aromatic nitrogens is 3. The fraction of sp³-hybridized carbons (Fsp3) is 0.240. The summed E-state index contributed by atoms with van der Waals surface area (Å²) < 4.78 is 15.4. The summed E-state index contributed by atoms with van der Waals surface area (Å²) in [5, 5.41) is 8.06. The number of carbonyl (C=O) groups excluding carboxylic acids is 1. The number of hydrogen-bond acceptors (Lipinski definition) is 6. The van der Waals surface area contributed by atoms with Crippen molar-refractivity contribution in [1.82, 2.24) is 14.6 Å². The fourth-order valence-corrected chi connectivity index (χ4v) is 3.79.